The summed E-state index contributed by atoms with van der Waals surface area (Å²) in [6.45, 7) is 9.00. The van der Waals surface area contributed by atoms with E-state index in [1.165, 1.54) is 18.2 Å². The highest BCUT2D eigenvalue weighted by Crippen LogP contribution is 2.27. The third kappa shape index (κ3) is 8.55. The van der Waals surface area contributed by atoms with Crippen molar-refractivity contribution >= 4 is 39.1 Å². The molecule has 0 bridgehead atoms. The summed E-state index contributed by atoms with van der Waals surface area (Å²) in [5, 5.41) is 0.265. The number of hydrogen-bond donors (Lipinski definition) is 1. The Labute approximate surface area is 226 Å². The maximum absolute atomic E-state index is 13.1. The molecule has 0 aliphatic carbocycles. The fourth-order valence-electron chi connectivity index (χ4n) is 4.53. The molecule has 9 heteroatoms. The summed E-state index contributed by atoms with van der Waals surface area (Å²) in [5.74, 6) is -0.215. The van der Waals surface area contributed by atoms with Crippen LogP contribution in [-0.4, -0.2) is 44.8 Å². The molecule has 2 amide bonds. The van der Waals surface area contributed by atoms with Crippen molar-refractivity contribution in [3.63, 3.8) is 0 Å². The highest BCUT2D eigenvalue weighted by Gasteiger charge is 2.23. The molecule has 7 nitrogen and oxygen atoms in total. The average Bonchev–Trinajstić information content (AvgIpc) is 2.82. The van der Waals surface area contributed by atoms with Crippen molar-refractivity contribution < 1.29 is 18.0 Å². The number of carbonyl (C=O) groups excluding carboxylic acids is 2. The van der Waals surface area contributed by atoms with Crippen molar-refractivity contribution in [2.24, 2.45) is 5.92 Å². The Bertz CT molecular complexity index is 1200. The van der Waals surface area contributed by atoms with E-state index in [1.54, 1.807) is 36.1 Å². The van der Waals surface area contributed by atoms with Gasteiger partial charge in [-0.25, -0.2) is 13.1 Å². The van der Waals surface area contributed by atoms with Crippen LogP contribution in [0.25, 0.3) is 0 Å². The molecule has 0 fully saturated rings. The molecule has 2 aromatic rings. The predicted molar refractivity (Wildman–Crippen MR) is 148 cm³/mol. The van der Waals surface area contributed by atoms with Crippen molar-refractivity contribution in [2.45, 2.75) is 70.7 Å². The van der Waals surface area contributed by atoms with E-state index >= 15 is 0 Å². The number of nitrogens with zero attached hydrogens (tertiary/aromatic N) is 2. The highest BCUT2D eigenvalue weighted by molar-refractivity contribution is 7.90. The molecule has 0 saturated heterocycles. The van der Waals surface area contributed by atoms with Crippen LogP contribution in [0.15, 0.2) is 47.4 Å². The second kappa shape index (κ2) is 13.4. The van der Waals surface area contributed by atoms with E-state index in [-0.39, 0.29) is 21.4 Å². The van der Waals surface area contributed by atoms with Gasteiger partial charge in [0.2, 0.25) is 5.91 Å². The second-order valence-electron chi connectivity index (χ2n) is 10.1. The van der Waals surface area contributed by atoms with E-state index in [9.17, 15) is 18.0 Å². The Balaban J connectivity index is 1.95. The zero-order valence-corrected chi connectivity index (χ0v) is 23.6. The Morgan fingerprint density at radius 2 is 1.70 bits per heavy atom. The molecule has 1 aliphatic rings. The van der Waals surface area contributed by atoms with Crippen LogP contribution in [0.5, 0.6) is 0 Å². The first-order valence-corrected chi connectivity index (χ1v) is 14.9. The molecule has 0 radical (unpaired) electrons. The van der Waals surface area contributed by atoms with Gasteiger partial charge in [0, 0.05) is 36.3 Å². The fourth-order valence-corrected chi connectivity index (χ4v) is 5.80. The van der Waals surface area contributed by atoms with Crippen LogP contribution in [0.2, 0.25) is 5.02 Å². The number of anilines is 1. The molecule has 0 aromatic heterocycles. The molecule has 0 unspecified atom stereocenters. The van der Waals surface area contributed by atoms with Crippen molar-refractivity contribution in [1.29, 1.82) is 0 Å². The van der Waals surface area contributed by atoms with Crippen LogP contribution in [-0.2, 0) is 21.4 Å². The Morgan fingerprint density at radius 3 is 2.38 bits per heavy atom. The summed E-state index contributed by atoms with van der Waals surface area (Å²) in [6, 6.07) is 10.8. The zero-order chi connectivity index (χ0) is 27.0. The minimum Gasteiger partial charge on any atom is -0.312 e. The van der Waals surface area contributed by atoms with Crippen molar-refractivity contribution in [1.82, 2.24) is 9.62 Å². The van der Waals surface area contributed by atoms with Gasteiger partial charge in [-0.15, -0.1) is 0 Å². The molecule has 0 atom stereocenters. The largest absolute Gasteiger partial charge is 0.312 e. The first-order valence-electron chi connectivity index (χ1n) is 13.0. The van der Waals surface area contributed by atoms with Crippen LogP contribution in [0, 0.1) is 5.92 Å². The summed E-state index contributed by atoms with van der Waals surface area (Å²) >= 11 is 5.94. The van der Waals surface area contributed by atoms with E-state index < -0.39 is 15.9 Å². The lowest BCUT2D eigenvalue weighted by Gasteiger charge is -2.29. The van der Waals surface area contributed by atoms with Gasteiger partial charge in [-0.05, 0) is 80.2 Å². The van der Waals surface area contributed by atoms with Crippen LogP contribution in [0.4, 0.5) is 5.69 Å². The summed E-state index contributed by atoms with van der Waals surface area (Å²) in [5.41, 5.74) is 1.84. The number of halogens is 1. The van der Waals surface area contributed by atoms with Gasteiger partial charge >= 0.3 is 0 Å². The predicted octanol–water partition coefficient (Wildman–Crippen LogP) is 5.62. The quantitative estimate of drug-likeness (QED) is 0.507. The highest BCUT2D eigenvalue weighted by atomic mass is 35.5. The van der Waals surface area contributed by atoms with E-state index in [1.807, 2.05) is 0 Å². The summed E-state index contributed by atoms with van der Waals surface area (Å²) in [7, 11) is -4.10. The molecule has 1 aliphatic heterocycles. The summed E-state index contributed by atoms with van der Waals surface area (Å²) in [4.78, 5) is 29.8. The van der Waals surface area contributed by atoms with Gasteiger partial charge in [0.1, 0.15) is 0 Å². The van der Waals surface area contributed by atoms with Gasteiger partial charge in [-0.2, -0.15) is 0 Å². The average molecular weight is 548 g/mol. The molecule has 1 heterocycles. The Kier molecular flexibility index (Phi) is 10.6. The minimum atomic E-state index is -4.10. The molecular weight excluding hydrogens is 510 g/mol. The van der Waals surface area contributed by atoms with E-state index in [4.69, 9.17) is 11.6 Å². The number of nitrogens with one attached hydrogen (secondary N) is 1. The molecule has 3 rings (SSSR count). The van der Waals surface area contributed by atoms with Crippen molar-refractivity contribution in [3.05, 3.63) is 58.6 Å². The van der Waals surface area contributed by atoms with Crippen molar-refractivity contribution in [2.75, 3.05) is 24.5 Å². The smallest absolute Gasteiger partial charge is 0.265 e. The van der Waals surface area contributed by atoms with Gasteiger partial charge in [-0.1, -0.05) is 50.8 Å². The monoisotopic (exact) mass is 547 g/mol. The number of hydrogen-bond acceptors (Lipinski definition) is 5. The van der Waals surface area contributed by atoms with Crippen LogP contribution in [0.1, 0.15) is 75.2 Å². The molecule has 2 aromatic carbocycles. The third-order valence-electron chi connectivity index (χ3n) is 6.62. The number of amides is 2. The molecule has 37 heavy (non-hydrogen) atoms. The van der Waals surface area contributed by atoms with E-state index in [0.29, 0.717) is 19.0 Å². The van der Waals surface area contributed by atoms with E-state index in [0.717, 1.165) is 62.9 Å². The van der Waals surface area contributed by atoms with E-state index in [2.05, 4.69) is 23.5 Å². The normalized spacial score (nSPS) is 16.0. The Morgan fingerprint density at radius 1 is 1.00 bits per heavy atom. The first-order chi connectivity index (χ1) is 17.6. The lowest BCUT2D eigenvalue weighted by atomic mass is 10.0. The van der Waals surface area contributed by atoms with Gasteiger partial charge in [0.15, 0.2) is 0 Å². The van der Waals surface area contributed by atoms with Crippen LogP contribution < -0.4 is 9.62 Å². The molecule has 0 saturated carbocycles. The summed E-state index contributed by atoms with van der Waals surface area (Å²) < 4.78 is 27.8. The Hall–Kier alpha value is -2.42. The number of carbonyl (C=O) groups is 2. The molecule has 0 spiro atoms. The van der Waals surface area contributed by atoms with Gasteiger partial charge < -0.3 is 4.90 Å². The molecular formula is C28H38ClN3O4S. The maximum atomic E-state index is 13.1. The van der Waals surface area contributed by atoms with Gasteiger partial charge in [-0.3, -0.25) is 14.5 Å². The lowest BCUT2D eigenvalue weighted by molar-refractivity contribution is -0.116. The molecule has 1 N–H and O–H groups in total. The number of fused-ring (bicyclic) bond motifs is 1. The second-order valence-corrected chi connectivity index (χ2v) is 12.3. The van der Waals surface area contributed by atoms with Crippen LogP contribution >= 0.6 is 11.6 Å². The third-order valence-corrected chi connectivity index (χ3v) is 8.18. The maximum Gasteiger partial charge on any atom is 0.265 e. The topological polar surface area (TPSA) is 86.8 Å². The standard InChI is InChI=1S/C28H38ClN3O4S/c1-21(2)14-17-31-15-7-5-4-6-8-16-32(22(3)33)27-13-12-23(18-24(27)20-31)28(34)30-37(35,36)26-11-9-10-25(29)19-26/h9-13,18-19,21H,4-8,14-17,20H2,1-3H3,(H,30,34). The number of rotatable bonds is 6. The SMILES string of the molecule is CC(=O)N1CCCCCCCN(CCC(C)C)Cc2cc(C(=O)NS(=O)(=O)c3cccc(Cl)c3)ccc21. The van der Waals surface area contributed by atoms with Crippen molar-refractivity contribution in [3.8, 4) is 0 Å². The summed E-state index contributed by atoms with van der Waals surface area (Å²) in [6.07, 6.45) is 6.42. The zero-order valence-electron chi connectivity index (χ0n) is 22.0. The first kappa shape index (κ1) is 29.1. The lowest BCUT2D eigenvalue weighted by Crippen LogP contribution is -2.34. The van der Waals surface area contributed by atoms with Gasteiger partial charge in [0.05, 0.1) is 4.90 Å². The number of sulfonamides is 1. The van der Waals surface area contributed by atoms with Crippen LogP contribution in [0.3, 0.4) is 0 Å². The minimum absolute atomic E-state index is 0.0484. The van der Waals surface area contributed by atoms with Gasteiger partial charge in [0.25, 0.3) is 15.9 Å². The fraction of sp³-hybridized carbons (Fsp3) is 0.500. The number of benzene rings is 2. The molecule has 202 valence electrons.